The highest BCUT2D eigenvalue weighted by atomic mass is 19.2. The number of esters is 1. The molecule has 2 aromatic carbocycles. The van der Waals surface area contributed by atoms with Crippen molar-refractivity contribution in [1.29, 1.82) is 0 Å². The van der Waals surface area contributed by atoms with Crippen LogP contribution in [-0.2, 0) is 0 Å². The van der Waals surface area contributed by atoms with Crippen molar-refractivity contribution in [2.75, 3.05) is 13.2 Å². The lowest BCUT2D eigenvalue weighted by molar-refractivity contribution is 0.167. The molecular formula is C36H49F4O4+. The number of rotatable bonds is 15. The van der Waals surface area contributed by atoms with Crippen LogP contribution in [0.25, 0.3) is 0 Å². The topological polar surface area (TPSA) is 49.1 Å². The summed E-state index contributed by atoms with van der Waals surface area (Å²) in [6.45, 7) is 4.82. The third-order valence-electron chi connectivity index (χ3n) is 9.56. The molecule has 0 atom stereocenters. The summed E-state index contributed by atoms with van der Waals surface area (Å²) in [5, 5.41) is 0. The minimum atomic E-state index is -1.17. The summed E-state index contributed by atoms with van der Waals surface area (Å²) in [4.78, 5) is 10.6. The van der Waals surface area contributed by atoms with E-state index in [1.54, 1.807) is 12.1 Å². The first-order valence-electron chi connectivity index (χ1n) is 16.8. The van der Waals surface area contributed by atoms with Crippen molar-refractivity contribution in [3.63, 3.8) is 0 Å². The van der Waals surface area contributed by atoms with E-state index in [0.717, 1.165) is 77.0 Å². The summed E-state index contributed by atoms with van der Waals surface area (Å²) in [6.07, 6.45) is 13.6. The average Bonchev–Trinajstić information content (AvgIpc) is 3.04. The summed E-state index contributed by atoms with van der Waals surface area (Å²) in [5.74, 6) is -4.05. The highest BCUT2D eigenvalue weighted by Crippen LogP contribution is 2.45. The number of unbranched alkanes of at least 4 members (excludes halogenated alkanes) is 5. The summed E-state index contributed by atoms with van der Waals surface area (Å²) in [5.41, 5.74) is 0.445. The van der Waals surface area contributed by atoms with Crippen LogP contribution in [0, 0.1) is 41.0 Å². The molecular weight excluding hydrogens is 572 g/mol. The first-order valence-corrected chi connectivity index (χ1v) is 16.8. The zero-order chi connectivity index (χ0) is 31.5. The van der Waals surface area contributed by atoms with Crippen molar-refractivity contribution in [3.05, 3.63) is 53.1 Å². The van der Waals surface area contributed by atoms with Crippen molar-refractivity contribution < 1.29 is 36.6 Å². The first kappa shape index (κ1) is 34.1. The Balaban J connectivity index is 1.21. The van der Waals surface area contributed by atoms with Crippen LogP contribution in [-0.4, -0.2) is 24.0 Å². The number of benzene rings is 2. The van der Waals surface area contributed by atoms with Gasteiger partial charge in [-0.2, -0.15) is 13.2 Å². The molecule has 8 heteroatoms. The Labute approximate surface area is 259 Å². The van der Waals surface area contributed by atoms with E-state index in [1.165, 1.54) is 18.6 Å². The molecule has 4 rings (SSSR count). The highest BCUT2D eigenvalue weighted by molar-refractivity contribution is 5.76. The molecule has 4 nitrogen and oxygen atoms in total. The fourth-order valence-corrected chi connectivity index (χ4v) is 6.83. The fraction of sp³-hybridized carbons (Fsp3) is 0.639. The maximum Gasteiger partial charge on any atom is 0.492 e. The van der Waals surface area contributed by atoms with Gasteiger partial charge < -0.3 is 14.3 Å². The molecule has 0 unspecified atom stereocenters. The lowest BCUT2D eigenvalue weighted by atomic mass is 9.68. The molecule has 2 fully saturated rings. The van der Waals surface area contributed by atoms with E-state index < -0.39 is 23.3 Å². The molecule has 0 amide bonds. The molecule has 244 valence electrons. The Morgan fingerprint density at radius 2 is 1.11 bits per heavy atom. The molecule has 0 heterocycles. The molecule has 44 heavy (non-hydrogen) atoms. The van der Waals surface area contributed by atoms with Gasteiger partial charge in [-0.1, -0.05) is 52.0 Å². The van der Waals surface area contributed by atoms with Crippen molar-refractivity contribution in [3.8, 4) is 17.2 Å². The number of ether oxygens (including phenoxy) is 3. The molecule has 0 spiro atoms. The van der Waals surface area contributed by atoms with Gasteiger partial charge in [-0.15, -0.1) is 0 Å². The molecule has 0 bridgehead atoms. The molecule has 0 aliphatic heterocycles. The minimum Gasteiger partial charge on any atom is -0.490 e. The van der Waals surface area contributed by atoms with Crippen LogP contribution in [0.5, 0.6) is 17.2 Å². The van der Waals surface area contributed by atoms with E-state index in [1.807, 2.05) is 6.92 Å². The Morgan fingerprint density at radius 3 is 1.75 bits per heavy atom. The van der Waals surface area contributed by atoms with Crippen molar-refractivity contribution in [2.45, 2.75) is 116 Å². The van der Waals surface area contributed by atoms with Gasteiger partial charge in [-0.05, 0) is 99.7 Å². The summed E-state index contributed by atoms with van der Waals surface area (Å²) < 4.78 is 75.0. The van der Waals surface area contributed by atoms with Gasteiger partial charge in [0.15, 0.2) is 17.3 Å². The van der Waals surface area contributed by atoms with Gasteiger partial charge in [0.05, 0.1) is 13.2 Å². The van der Waals surface area contributed by atoms with Crippen LogP contribution in [0.1, 0.15) is 122 Å². The molecule has 0 aromatic heterocycles. The van der Waals surface area contributed by atoms with E-state index in [9.17, 15) is 18.0 Å². The Kier molecular flexibility index (Phi) is 13.2. The van der Waals surface area contributed by atoms with E-state index in [4.69, 9.17) is 14.2 Å². The van der Waals surface area contributed by atoms with E-state index in [2.05, 4.69) is 6.92 Å². The Morgan fingerprint density at radius 1 is 0.614 bits per heavy atom. The minimum absolute atomic E-state index is 0.00228. The lowest BCUT2D eigenvalue weighted by Gasteiger charge is -2.37. The van der Waals surface area contributed by atoms with Gasteiger partial charge in [-0.3, -0.25) is 4.74 Å². The van der Waals surface area contributed by atoms with Gasteiger partial charge in [0, 0.05) is 6.07 Å². The van der Waals surface area contributed by atoms with Crippen molar-refractivity contribution in [1.82, 2.24) is 0 Å². The summed E-state index contributed by atoms with van der Waals surface area (Å²) in [6, 6.07) is 5.88. The quantitative estimate of drug-likeness (QED) is 0.0654. The SMILES string of the molecule is CCCCCCCOc1ccc(C2CCC(C3CCC(C(=[OH+])Oc4ccc(OCCCC)c(F)c4F)CC3)CC2)c(F)c1F. The summed E-state index contributed by atoms with van der Waals surface area (Å²) in [7, 11) is 0. The second kappa shape index (κ2) is 17.1. The van der Waals surface area contributed by atoms with Crippen LogP contribution in [0.2, 0.25) is 0 Å². The zero-order valence-corrected chi connectivity index (χ0v) is 26.3. The van der Waals surface area contributed by atoms with Crippen molar-refractivity contribution in [2.24, 2.45) is 17.8 Å². The van der Waals surface area contributed by atoms with Gasteiger partial charge in [-0.25, -0.2) is 4.39 Å². The third kappa shape index (κ3) is 8.91. The second-order valence-corrected chi connectivity index (χ2v) is 12.6. The number of halogens is 4. The normalized spacial score (nSPS) is 22.0. The van der Waals surface area contributed by atoms with E-state index >= 15 is 4.39 Å². The molecule has 2 saturated carbocycles. The van der Waals surface area contributed by atoms with Crippen LogP contribution in [0.3, 0.4) is 0 Å². The Bertz CT molecular complexity index is 1200. The van der Waals surface area contributed by atoms with Crippen LogP contribution >= 0.6 is 0 Å². The zero-order valence-electron chi connectivity index (χ0n) is 26.3. The molecule has 1 N–H and O–H groups in total. The van der Waals surface area contributed by atoms with Gasteiger partial charge in [0.25, 0.3) is 5.75 Å². The van der Waals surface area contributed by atoms with Crippen LogP contribution in [0.15, 0.2) is 24.3 Å². The van der Waals surface area contributed by atoms with E-state index in [-0.39, 0.29) is 35.1 Å². The van der Waals surface area contributed by atoms with E-state index in [0.29, 0.717) is 43.5 Å². The molecule has 0 radical (unpaired) electrons. The Hall–Kier alpha value is -2.77. The fourth-order valence-electron chi connectivity index (χ4n) is 6.83. The van der Waals surface area contributed by atoms with Gasteiger partial charge in [0.2, 0.25) is 17.5 Å². The molecule has 2 aliphatic carbocycles. The number of hydrogen-bond acceptors (Lipinski definition) is 3. The standard InChI is InChI=1S/C36H48F4O4/c1-3-5-7-8-9-23-43-29-19-18-28(32(37)33(29)38)26-14-10-24(11-15-26)25-12-16-27(17-13-25)36(41)44-31-21-20-30(34(39)35(31)40)42-22-6-4-2/h18-21,24-27H,3-17,22-23H2,1-2H3/p+1. The second-order valence-electron chi connectivity index (χ2n) is 12.6. The van der Waals surface area contributed by atoms with Gasteiger partial charge in [0.1, 0.15) is 5.92 Å². The maximum absolute atomic E-state index is 15.0. The predicted molar refractivity (Wildman–Crippen MR) is 165 cm³/mol. The highest BCUT2D eigenvalue weighted by Gasteiger charge is 2.38. The van der Waals surface area contributed by atoms with Gasteiger partial charge >= 0.3 is 5.97 Å². The number of hydrogen-bond donors (Lipinski definition) is 0. The number of carbonyl (C=O) groups excluding carboxylic acids is 1. The third-order valence-corrected chi connectivity index (χ3v) is 9.56. The molecule has 0 saturated heterocycles. The van der Waals surface area contributed by atoms with Crippen LogP contribution in [0.4, 0.5) is 17.6 Å². The smallest absolute Gasteiger partial charge is 0.490 e. The largest absolute Gasteiger partial charge is 0.492 e. The predicted octanol–water partition coefficient (Wildman–Crippen LogP) is 10.4. The monoisotopic (exact) mass is 621 g/mol. The molecule has 2 aliphatic rings. The summed E-state index contributed by atoms with van der Waals surface area (Å²) >= 11 is 0. The van der Waals surface area contributed by atoms with Crippen molar-refractivity contribution >= 4 is 5.97 Å². The molecule has 2 aromatic rings. The average molecular weight is 622 g/mol. The first-order chi connectivity index (χ1) is 21.3. The van der Waals surface area contributed by atoms with Crippen LogP contribution < -0.4 is 14.2 Å². The lowest BCUT2D eigenvalue weighted by Crippen LogP contribution is -2.30. The maximum atomic E-state index is 15.0.